The van der Waals surface area contributed by atoms with Crippen molar-refractivity contribution < 1.29 is 93.1 Å². The van der Waals surface area contributed by atoms with Gasteiger partial charge in [-0.25, -0.2) is 87.8 Å². The lowest BCUT2D eigenvalue weighted by atomic mass is 9.12. The molecule has 0 atom stereocenters. The molecule has 416 valence electrons. The van der Waals surface area contributed by atoms with Crippen molar-refractivity contribution in [2.75, 3.05) is 13.1 Å². The van der Waals surface area contributed by atoms with Crippen LogP contribution >= 0.6 is 0 Å². The Hall–Kier alpha value is -4.50. The summed E-state index contributed by atoms with van der Waals surface area (Å²) in [6.07, 6.45) is 27.9. The number of benzene rings is 4. The van der Waals surface area contributed by atoms with Crippen molar-refractivity contribution in [1.29, 1.82) is 0 Å². The lowest BCUT2D eigenvalue weighted by Gasteiger charge is -2.44. The van der Waals surface area contributed by atoms with Gasteiger partial charge in [0, 0.05) is 0 Å². The van der Waals surface area contributed by atoms with Gasteiger partial charge in [-0.15, -0.1) is 21.9 Å². The van der Waals surface area contributed by atoms with Gasteiger partial charge in [-0.05, 0) is 25.7 Å². The third kappa shape index (κ3) is 14.9. The van der Waals surface area contributed by atoms with Gasteiger partial charge in [-0.3, -0.25) is 0 Å². The Morgan fingerprint density at radius 1 is 0.203 bits per heavy atom. The molecule has 4 aromatic carbocycles. The molecule has 0 aromatic heterocycles. The number of hydrogen-bond acceptors (Lipinski definition) is 0. The van der Waals surface area contributed by atoms with E-state index in [0.29, 0.717) is 0 Å². The molecule has 74 heavy (non-hydrogen) atoms. The zero-order valence-corrected chi connectivity index (χ0v) is 41.1. The van der Waals surface area contributed by atoms with Crippen LogP contribution in [0.3, 0.4) is 0 Å². The van der Waals surface area contributed by atoms with E-state index in [9.17, 15) is 52.7 Å². The topological polar surface area (TPSA) is 16.6 Å². The van der Waals surface area contributed by atoms with Crippen LogP contribution in [0.1, 0.15) is 168 Å². The zero-order chi connectivity index (χ0) is 55.4. The minimum absolute atomic E-state index is 1.37. The van der Waals surface area contributed by atoms with Crippen LogP contribution in [0.25, 0.3) is 0 Å². The summed E-state index contributed by atoms with van der Waals surface area (Å²) in [4.78, 5) is 0. The highest BCUT2D eigenvalue weighted by atomic mass is 19.2. The van der Waals surface area contributed by atoms with Crippen molar-refractivity contribution in [3.8, 4) is 0 Å². The van der Waals surface area contributed by atoms with Gasteiger partial charge >= 0.3 is 0 Å². The smallest absolute Gasteiger partial charge is 0.200 e. The third-order valence-corrected chi connectivity index (χ3v) is 13.2. The molecular formula is C52H60BF20N. The van der Waals surface area contributed by atoms with Crippen LogP contribution in [0.4, 0.5) is 87.8 Å². The molecule has 4 aromatic rings. The van der Waals surface area contributed by atoms with Crippen molar-refractivity contribution in [2.24, 2.45) is 0 Å². The van der Waals surface area contributed by atoms with Crippen LogP contribution < -0.4 is 27.2 Å². The standard InChI is InChI=1S/C28H59N.C24BF20/c1-3-5-7-9-11-13-15-17-19-21-23-25-27-29-28-26-24-22-20-18-16-14-12-10-8-6-4-2;26-5-1(6(27)14(35)21(42)13(5)34)25(2-7(28)15(36)22(43)16(37)8(2)29,3-9(30)17(38)23(44)18(39)10(3)31)4-11(32)19(40)24(45)20(41)12(4)33/h29H,3-28H2,1-2H3;/q;-1/p+1. The number of hydrogen-bond donors (Lipinski definition) is 1. The quantitative estimate of drug-likeness (QED) is 0.0176. The fraction of sp³-hybridized carbons (Fsp3) is 0.538. The summed E-state index contributed by atoms with van der Waals surface area (Å²) >= 11 is 0. The molecule has 0 bridgehead atoms. The number of quaternary nitrogens is 1. The summed E-state index contributed by atoms with van der Waals surface area (Å²) in [6, 6.07) is 0. The molecule has 2 N–H and O–H groups in total. The van der Waals surface area contributed by atoms with Gasteiger partial charge < -0.3 is 5.32 Å². The first kappa shape index (κ1) is 63.8. The summed E-state index contributed by atoms with van der Waals surface area (Å²) in [5.41, 5.74) is -14.3. The molecule has 0 spiro atoms. The normalized spacial score (nSPS) is 11.8. The average Bonchev–Trinajstić information content (AvgIpc) is 3.38. The largest absolute Gasteiger partial charge is 0.346 e. The van der Waals surface area contributed by atoms with Gasteiger partial charge in [0.25, 0.3) is 0 Å². The Labute approximate surface area is 417 Å². The molecule has 4 rings (SSSR count). The summed E-state index contributed by atoms with van der Waals surface area (Å²) < 4.78 is 294. The molecule has 0 saturated heterocycles. The molecule has 0 fully saturated rings. The van der Waals surface area contributed by atoms with Gasteiger partial charge in [0.05, 0.1) is 13.1 Å². The van der Waals surface area contributed by atoms with Gasteiger partial charge in [0.1, 0.15) is 52.7 Å². The van der Waals surface area contributed by atoms with Crippen molar-refractivity contribution in [1.82, 2.24) is 0 Å². The van der Waals surface area contributed by atoms with E-state index in [1.165, 1.54) is 167 Å². The lowest BCUT2D eigenvalue weighted by molar-refractivity contribution is -0.655. The van der Waals surface area contributed by atoms with Gasteiger partial charge in [-0.2, -0.15) is 0 Å². The van der Waals surface area contributed by atoms with E-state index in [-0.39, 0.29) is 0 Å². The van der Waals surface area contributed by atoms with Crippen LogP contribution in [0.2, 0.25) is 0 Å². The second-order valence-corrected chi connectivity index (χ2v) is 18.4. The zero-order valence-electron chi connectivity index (χ0n) is 41.1. The molecule has 0 aliphatic heterocycles. The van der Waals surface area contributed by atoms with E-state index >= 15 is 35.1 Å². The summed E-state index contributed by atoms with van der Waals surface area (Å²) in [7, 11) is 0. The minimum Gasteiger partial charge on any atom is -0.346 e. The highest BCUT2D eigenvalue weighted by Gasteiger charge is 2.52. The summed E-state index contributed by atoms with van der Waals surface area (Å²) in [6.45, 7) is 7.35. The Bertz CT molecular complexity index is 2040. The minimum atomic E-state index is -7.22. The van der Waals surface area contributed by atoms with Gasteiger partial charge in [0.15, 0.2) is 69.8 Å². The van der Waals surface area contributed by atoms with Crippen molar-refractivity contribution in [2.45, 2.75) is 168 Å². The first-order valence-electron chi connectivity index (χ1n) is 25.2. The lowest BCUT2D eigenvalue weighted by Crippen LogP contribution is -2.84. The number of nitrogens with two attached hydrogens (primary N) is 1. The first-order chi connectivity index (χ1) is 35.1. The second kappa shape index (κ2) is 30.9. The molecule has 0 unspecified atom stereocenters. The van der Waals surface area contributed by atoms with Crippen LogP contribution in [0.15, 0.2) is 0 Å². The van der Waals surface area contributed by atoms with Crippen molar-refractivity contribution >= 4 is 28.0 Å². The Kier molecular flexibility index (Phi) is 26.6. The second-order valence-electron chi connectivity index (χ2n) is 18.4. The van der Waals surface area contributed by atoms with E-state index in [1.54, 1.807) is 0 Å². The van der Waals surface area contributed by atoms with Crippen LogP contribution in [0, 0.1) is 116 Å². The van der Waals surface area contributed by atoms with E-state index in [4.69, 9.17) is 0 Å². The van der Waals surface area contributed by atoms with E-state index in [0.717, 1.165) is 0 Å². The molecule has 0 heterocycles. The Morgan fingerprint density at radius 3 is 0.500 bits per heavy atom. The highest BCUT2D eigenvalue weighted by molar-refractivity contribution is 7.20. The van der Waals surface area contributed by atoms with Crippen LogP contribution in [0.5, 0.6) is 0 Å². The number of unbranched alkanes of at least 4 members (excludes halogenated alkanes) is 22. The highest BCUT2D eigenvalue weighted by Crippen LogP contribution is 2.31. The summed E-state index contributed by atoms with van der Waals surface area (Å²) in [5, 5.41) is 2.58. The molecule has 0 aliphatic rings. The average molecular weight is 1090 g/mol. The molecule has 0 amide bonds. The molecule has 0 aliphatic carbocycles. The maximum Gasteiger partial charge on any atom is 0.200 e. The predicted molar refractivity (Wildman–Crippen MR) is 243 cm³/mol. The maximum absolute atomic E-state index is 15.4. The fourth-order valence-electron chi connectivity index (χ4n) is 9.28. The summed E-state index contributed by atoms with van der Waals surface area (Å²) in [5.74, 6) is -71.4. The molecular weight excluding hydrogens is 1030 g/mol. The molecule has 1 nitrogen and oxygen atoms in total. The predicted octanol–water partition coefficient (Wildman–Crippen LogP) is 14.8. The monoisotopic (exact) mass is 1090 g/mol. The van der Waals surface area contributed by atoms with Crippen LogP contribution in [-0.4, -0.2) is 19.2 Å². The SMILES string of the molecule is CCCCCCCCCCCCCC[NH2+]CCCCCCCCCCCCCC.Fc1c(F)c(F)c([B-](c2c(F)c(F)c(F)c(F)c2F)(c2c(F)c(F)c(F)c(F)c2F)c2c(F)c(F)c(F)c(F)c2F)c(F)c1F. The van der Waals surface area contributed by atoms with Crippen molar-refractivity contribution in [3.05, 3.63) is 116 Å². The number of rotatable bonds is 30. The van der Waals surface area contributed by atoms with Gasteiger partial charge in [0.2, 0.25) is 0 Å². The Morgan fingerprint density at radius 2 is 0.338 bits per heavy atom. The number of halogens is 20. The molecule has 0 saturated carbocycles. The maximum atomic E-state index is 15.4. The third-order valence-electron chi connectivity index (χ3n) is 13.2. The van der Waals surface area contributed by atoms with Crippen LogP contribution in [-0.2, 0) is 0 Å². The molecule has 22 heteroatoms. The van der Waals surface area contributed by atoms with E-state index in [1.807, 2.05) is 0 Å². The fourth-order valence-corrected chi connectivity index (χ4v) is 9.28. The van der Waals surface area contributed by atoms with Gasteiger partial charge in [-0.1, -0.05) is 142 Å². The Balaban J connectivity index is 0.000000433. The van der Waals surface area contributed by atoms with Crippen molar-refractivity contribution in [3.63, 3.8) is 0 Å². The van der Waals surface area contributed by atoms with E-state index < -0.39 is 144 Å². The van der Waals surface area contributed by atoms with E-state index in [2.05, 4.69) is 19.2 Å². The molecule has 0 radical (unpaired) electrons. The first-order valence-corrected chi connectivity index (χ1v) is 25.2.